The maximum Gasteiger partial charge on any atom is 0.247 e. The first-order valence-electron chi connectivity index (χ1n) is 44.0. The molecule has 1 aliphatic carbocycles. The third-order valence-corrected chi connectivity index (χ3v) is 28.8. The molecule has 588 valence electrons. The molecule has 0 amide bonds. The van der Waals surface area contributed by atoms with E-state index in [1.54, 1.807) is 0 Å². The SMILES string of the molecule is CCC1C2=C(N=C(n3c4ccc5ccccc5c4c4c5c6ccccc6c6ccc(-c7ccc(-n8c9ccccc9c9cc(-c%10nc%11oc%12ccccc%12c%11nc%10-n%10c%11ccc%12ccccc%12c%11c%11c%12c%13ccccc%13c%13ccccc%13c%12ccc%11%10)ccc98)cc7)cc6c5ccc43)C1c1ccc3c(c1)c1ccccc1n3-c1ccccc1)c1ccccc1C2(C)C. The van der Waals surface area contributed by atoms with Crippen molar-refractivity contribution in [1.82, 2.24) is 28.2 Å². The molecule has 2 aliphatic rings. The molecular weight excluding hydrogens is 1530 g/mol. The van der Waals surface area contributed by atoms with Crippen molar-refractivity contribution in [2.75, 3.05) is 0 Å². The summed E-state index contributed by atoms with van der Waals surface area (Å²) in [4.78, 5) is 17.7. The van der Waals surface area contributed by atoms with Crippen LogP contribution in [-0.2, 0) is 5.41 Å². The molecule has 28 rings (SSSR count). The standard InChI is InChI=1S/C118H75N7O/c1-4-75-104(71-51-58-97-92(65-71)83-36-19-23-43-95(83)122(97)73-28-6-5-7-29-73)115(119-113-89-40-18-22-42-94(89)118(2,3)111(75)113)124-99-60-49-68-26-8-10-30-76(68)107(99)109-101(124)63-57-88-91-64-70(48-55-82(91)81-35-15-17-39-86(81)106(88)109)67-46-53-74(54-47-67)123-96-44-24-20-37-84(96)93-66-72(52-59-98(93)123)112-116(120-114-90-41-21-25-45-103(90)126-117(114)121-112)125-100-61-50-69-27-9-11-31-77(69)108(100)110-102(125)62-56-87-80-34-13-12-32-78(80)79-33-14-16-38-85(79)105(87)110/h5-66,75,104H,4H2,1-3H3. The van der Waals surface area contributed by atoms with Gasteiger partial charge >= 0.3 is 0 Å². The minimum absolute atomic E-state index is 0.117. The molecular formula is C118H75N7O. The van der Waals surface area contributed by atoms with E-state index in [1.807, 2.05) is 12.1 Å². The second-order valence-corrected chi connectivity index (χ2v) is 35.3. The van der Waals surface area contributed by atoms with Crippen LogP contribution in [0, 0.1) is 5.92 Å². The zero-order valence-electron chi connectivity index (χ0n) is 69.2. The number of hydrogen-bond acceptors (Lipinski definition) is 4. The Kier molecular flexibility index (Phi) is 14.2. The number of allylic oxidation sites excluding steroid dienone is 1. The molecule has 2 unspecified atom stereocenters. The van der Waals surface area contributed by atoms with E-state index in [-0.39, 0.29) is 17.3 Å². The summed E-state index contributed by atoms with van der Waals surface area (Å²) in [6.07, 6.45) is 0.928. The molecule has 20 aromatic carbocycles. The van der Waals surface area contributed by atoms with Crippen LogP contribution in [0.3, 0.4) is 0 Å². The number of fused-ring (bicyclic) bond motifs is 35. The van der Waals surface area contributed by atoms with Gasteiger partial charge in [0.05, 0.1) is 49.8 Å². The lowest BCUT2D eigenvalue weighted by atomic mass is 9.68. The van der Waals surface area contributed by atoms with Crippen LogP contribution in [0.1, 0.15) is 49.8 Å². The molecule has 0 radical (unpaired) electrons. The van der Waals surface area contributed by atoms with Crippen molar-refractivity contribution in [2.24, 2.45) is 10.9 Å². The van der Waals surface area contributed by atoms with Crippen LogP contribution in [0.15, 0.2) is 391 Å². The molecule has 7 heterocycles. The molecule has 8 nitrogen and oxygen atoms in total. The molecule has 0 spiro atoms. The smallest absolute Gasteiger partial charge is 0.247 e. The number of aromatic nitrogens is 6. The lowest BCUT2D eigenvalue weighted by Gasteiger charge is -2.39. The number of rotatable bonds is 7. The van der Waals surface area contributed by atoms with Crippen molar-refractivity contribution < 1.29 is 4.42 Å². The molecule has 26 aromatic rings. The molecule has 0 bridgehead atoms. The molecule has 0 fully saturated rings. The fourth-order valence-electron chi connectivity index (χ4n) is 23.5. The van der Waals surface area contributed by atoms with Gasteiger partial charge in [0, 0.05) is 93.1 Å². The summed E-state index contributed by atoms with van der Waals surface area (Å²) in [5, 5.41) is 30.0. The molecule has 6 aromatic heterocycles. The fourth-order valence-corrected chi connectivity index (χ4v) is 23.5. The Morgan fingerprint density at radius 2 is 0.754 bits per heavy atom. The van der Waals surface area contributed by atoms with Crippen molar-refractivity contribution in [2.45, 2.75) is 38.5 Å². The molecule has 2 atom stereocenters. The maximum atomic E-state index is 6.72. The molecule has 0 saturated heterocycles. The maximum absolute atomic E-state index is 6.72. The Balaban J connectivity index is 0.614. The van der Waals surface area contributed by atoms with Gasteiger partial charge in [-0.25, -0.2) is 15.0 Å². The van der Waals surface area contributed by atoms with E-state index in [0.717, 1.165) is 118 Å². The highest BCUT2D eigenvalue weighted by Crippen LogP contribution is 2.58. The van der Waals surface area contributed by atoms with Crippen LogP contribution in [0.5, 0.6) is 0 Å². The van der Waals surface area contributed by atoms with Gasteiger partial charge in [0.25, 0.3) is 0 Å². The molecule has 8 heteroatoms. The van der Waals surface area contributed by atoms with Crippen LogP contribution in [0.2, 0.25) is 0 Å². The predicted molar refractivity (Wildman–Crippen MR) is 528 cm³/mol. The van der Waals surface area contributed by atoms with Crippen LogP contribution >= 0.6 is 0 Å². The van der Waals surface area contributed by atoms with Crippen molar-refractivity contribution >= 4 is 207 Å². The highest BCUT2D eigenvalue weighted by molar-refractivity contribution is 6.41. The predicted octanol–water partition coefficient (Wildman–Crippen LogP) is 31.1. The molecule has 1 aliphatic heterocycles. The molecule has 0 N–H and O–H groups in total. The van der Waals surface area contributed by atoms with Crippen molar-refractivity contribution in [3.8, 4) is 39.6 Å². The van der Waals surface area contributed by atoms with E-state index in [9.17, 15) is 0 Å². The summed E-state index contributed by atoms with van der Waals surface area (Å²) in [5.74, 6) is 1.78. The van der Waals surface area contributed by atoms with Crippen LogP contribution in [0.4, 0.5) is 0 Å². The van der Waals surface area contributed by atoms with Gasteiger partial charge in [0.1, 0.15) is 22.6 Å². The first kappa shape index (κ1) is 69.6. The van der Waals surface area contributed by atoms with E-state index in [2.05, 4.69) is 403 Å². The summed E-state index contributed by atoms with van der Waals surface area (Å²) in [7, 11) is 0. The van der Waals surface area contributed by atoms with Gasteiger partial charge in [-0.1, -0.05) is 294 Å². The average molecular weight is 1610 g/mol. The van der Waals surface area contributed by atoms with Crippen molar-refractivity contribution in [3.63, 3.8) is 0 Å². The Labute approximate surface area is 722 Å². The summed E-state index contributed by atoms with van der Waals surface area (Å²) in [5.41, 5.74) is 23.2. The van der Waals surface area contributed by atoms with Crippen molar-refractivity contribution in [3.05, 3.63) is 398 Å². The zero-order valence-corrected chi connectivity index (χ0v) is 69.2. The minimum atomic E-state index is -0.251. The number of hydrogen-bond donors (Lipinski definition) is 0. The van der Waals surface area contributed by atoms with E-state index in [4.69, 9.17) is 19.4 Å². The highest BCUT2D eigenvalue weighted by atomic mass is 16.3. The van der Waals surface area contributed by atoms with Crippen molar-refractivity contribution in [1.29, 1.82) is 0 Å². The lowest BCUT2D eigenvalue weighted by Crippen LogP contribution is -2.35. The minimum Gasteiger partial charge on any atom is -0.436 e. The van der Waals surface area contributed by atoms with E-state index in [1.165, 1.54) is 152 Å². The molecule has 126 heavy (non-hydrogen) atoms. The summed E-state index contributed by atoms with van der Waals surface area (Å²) < 4.78 is 16.6. The molecule has 0 saturated carbocycles. The average Bonchev–Trinajstić information content (AvgIpc) is 1.54. The fraction of sp³-hybridized carbons (Fsp3) is 0.0593. The third kappa shape index (κ3) is 9.43. The number of para-hydroxylation sites is 4. The first-order valence-corrected chi connectivity index (χ1v) is 44.0. The first-order chi connectivity index (χ1) is 62.3. The van der Waals surface area contributed by atoms with Gasteiger partial charge in [-0.05, 0) is 219 Å². The van der Waals surface area contributed by atoms with E-state index < -0.39 is 0 Å². The summed E-state index contributed by atoms with van der Waals surface area (Å²) >= 11 is 0. The second-order valence-electron chi connectivity index (χ2n) is 35.3. The van der Waals surface area contributed by atoms with E-state index in [0.29, 0.717) is 5.71 Å². The Morgan fingerprint density at radius 1 is 0.310 bits per heavy atom. The third-order valence-electron chi connectivity index (χ3n) is 28.8. The monoisotopic (exact) mass is 1610 g/mol. The summed E-state index contributed by atoms with van der Waals surface area (Å²) in [6.45, 7) is 7.29. The number of nitrogens with zero attached hydrogens (tertiary/aromatic N) is 7. The van der Waals surface area contributed by atoms with Gasteiger partial charge in [0.2, 0.25) is 5.71 Å². The van der Waals surface area contributed by atoms with Crippen LogP contribution in [0.25, 0.3) is 241 Å². The Bertz CT molecular complexity index is 9420. The lowest BCUT2D eigenvalue weighted by molar-refractivity contribution is 0.461. The van der Waals surface area contributed by atoms with Crippen LogP contribution < -0.4 is 0 Å². The number of aliphatic imine (C=N–C) groups is 1. The van der Waals surface area contributed by atoms with Gasteiger partial charge in [0.15, 0.2) is 5.82 Å². The quantitative estimate of drug-likeness (QED) is 0.149. The van der Waals surface area contributed by atoms with Gasteiger partial charge in [-0.15, -0.1) is 0 Å². The number of benzene rings is 20. The Morgan fingerprint density at radius 3 is 1.40 bits per heavy atom. The van der Waals surface area contributed by atoms with Gasteiger partial charge in [-0.3, -0.25) is 9.13 Å². The van der Waals surface area contributed by atoms with E-state index >= 15 is 0 Å². The van der Waals surface area contributed by atoms with Gasteiger partial charge in [-0.2, -0.15) is 0 Å². The zero-order chi connectivity index (χ0) is 82.6. The topological polar surface area (TPSA) is 71.0 Å². The Hall–Kier alpha value is -16.0. The normalized spacial score (nSPS) is 14.9. The highest BCUT2D eigenvalue weighted by Gasteiger charge is 2.48. The largest absolute Gasteiger partial charge is 0.436 e. The van der Waals surface area contributed by atoms with Crippen LogP contribution in [-0.4, -0.2) is 34.1 Å². The number of furan rings is 1. The summed E-state index contributed by atoms with van der Waals surface area (Å²) in [6, 6.07) is 140. The van der Waals surface area contributed by atoms with Gasteiger partial charge < -0.3 is 13.6 Å². The second kappa shape index (κ2) is 25.8.